The lowest BCUT2D eigenvalue weighted by Crippen LogP contribution is -2.04. The van der Waals surface area contributed by atoms with Gasteiger partial charge in [-0.15, -0.1) is 0 Å². The first kappa shape index (κ1) is 10.2. The number of ether oxygens (including phenoxy) is 1. The number of carbonyl (C=O) groups is 1. The molecule has 0 atom stereocenters. The Balaban J connectivity index is 3.13. The summed E-state index contributed by atoms with van der Waals surface area (Å²) in [5.74, 6) is 0.124. The van der Waals surface area contributed by atoms with E-state index in [0.29, 0.717) is 10.6 Å². The van der Waals surface area contributed by atoms with Gasteiger partial charge in [0.2, 0.25) is 0 Å². The molecular formula is C8H6Cl2O3. The fraction of sp³-hybridized carbons (Fsp3) is 0.125. The minimum atomic E-state index is -1.40. The maximum absolute atomic E-state index is 10.2. The third kappa shape index (κ3) is 2.50. The number of hydrogen-bond acceptors (Lipinski definition) is 2. The molecule has 0 aliphatic carbocycles. The molecule has 70 valence electrons. The number of hydrogen-bond donors (Lipinski definition) is 1. The zero-order chi connectivity index (χ0) is 10.0. The minimum Gasteiger partial charge on any atom is -0.449 e. The summed E-state index contributed by atoms with van der Waals surface area (Å²) in [5, 5.41) is 9.00. The average Bonchev–Trinajstić information content (AvgIpc) is 1.96. The maximum Gasteiger partial charge on any atom is 0.511 e. The third-order valence-corrected chi connectivity index (χ3v) is 1.88. The molecule has 0 bridgehead atoms. The first-order chi connectivity index (χ1) is 6.00. The van der Waals surface area contributed by atoms with E-state index in [1.165, 1.54) is 6.07 Å². The average molecular weight is 221 g/mol. The Morgan fingerprint density at radius 1 is 1.46 bits per heavy atom. The second-order valence-corrected chi connectivity index (χ2v) is 3.25. The number of halogens is 2. The van der Waals surface area contributed by atoms with Crippen LogP contribution >= 0.6 is 23.2 Å². The van der Waals surface area contributed by atoms with Crippen LogP contribution in [0.4, 0.5) is 4.79 Å². The second kappa shape index (κ2) is 3.85. The van der Waals surface area contributed by atoms with Gasteiger partial charge in [0.25, 0.3) is 0 Å². The number of carboxylic acid groups (broad SMARTS) is 1. The Morgan fingerprint density at radius 3 is 2.54 bits per heavy atom. The van der Waals surface area contributed by atoms with Gasteiger partial charge in [-0.25, -0.2) is 4.79 Å². The number of aryl methyl sites for hydroxylation is 1. The summed E-state index contributed by atoms with van der Waals surface area (Å²) in [7, 11) is 0. The van der Waals surface area contributed by atoms with Gasteiger partial charge in [-0.2, -0.15) is 0 Å². The summed E-state index contributed by atoms with van der Waals surface area (Å²) < 4.78 is 4.46. The number of benzene rings is 1. The highest BCUT2D eigenvalue weighted by Gasteiger charge is 2.10. The van der Waals surface area contributed by atoms with Crippen LogP contribution in [0.25, 0.3) is 0 Å². The summed E-state index contributed by atoms with van der Waals surface area (Å²) in [6.45, 7) is 1.66. The van der Waals surface area contributed by atoms with Crippen molar-refractivity contribution in [3.05, 3.63) is 27.7 Å². The van der Waals surface area contributed by atoms with Gasteiger partial charge in [0, 0.05) is 5.02 Å². The van der Waals surface area contributed by atoms with Gasteiger partial charge >= 0.3 is 6.16 Å². The zero-order valence-electron chi connectivity index (χ0n) is 6.67. The van der Waals surface area contributed by atoms with Crippen LogP contribution in [0.3, 0.4) is 0 Å². The van der Waals surface area contributed by atoms with Gasteiger partial charge in [-0.3, -0.25) is 0 Å². The van der Waals surface area contributed by atoms with E-state index in [1.54, 1.807) is 13.0 Å². The van der Waals surface area contributed by atoms with Crippen molar-refractivity contribution in [2.45, 2.75) is 6.92 Å². The van der Waals surface area contributed by atoms with Crippen molar-refractivity contribution in [2.24, 2.45) is 0 Å². The number of rotatable bonds is 1. The minimum absolute atomic E-state index is 0.124. The molecule has 1 N–H and O–H groups in total. The van der Waals surface area contributed by atoms with E-state index in [1.807, 2.05) is 0 Å². The Hall–Kier alpha value is -0.930. The van der Waals surface area contributed by atoms with E-state index in [9.17, 15) is 4.79 Å². The third-order valence-electron chi connectivity index (χ3n) is 1.38. The molecule has 1 rings (SSSR count). The molecule has 13 heavy (non-hydrogen) atoms. The quantitative estimate of drug-likeness (QED) is 0.584. The van der Waals surface area contributed by atoms with Crippen LogP contribution in [-0.4, -0.2) is 11.3 Å². The molecule has 0 heterocycles. The molecule has 3 nitrogen and oxygen atoms in total. The van der Waals surface area contributed by atoms with Crippen LogP contribution in [0.15, 0.2) is 12.1 Å². The fourth-order valence-corrected chi connectivity index (χ4v) is 1.54. The first-order valence-electron chi connectivity index (χ1n) is 3.37. The van der Waals surface area contributed by atoms with Crippen molar-refractivity contribution in [1.82, 2.24) is 0 Å². The predicted octanol–water partition coefficient (Wildman–Crippen LogP) is 3.36. The second-order valence-electron chi connectivity index (χ2n) is 2.40. The van der Waals surface area contributed by atoms with Gasteiger partial charge in [0.15, 0.2) is 5.75 Å². The zero-order valence-corrected chi connectivity index (χ0v) is 8.19. The van der Waals surface area contributed by atoms with E-state index in [-0.39, 0.29) is 10.8 Å². The maximum atomic E-state index is 10.2. The van der Waals surface area contributed by atoms with E-state index in [4.69, 9.17) is 28.3 Å². The normalized spacial score (nSPS) is 9.77. The highest BCUT2D eigenvalue weighted by atomic mass is 35.5. The highest BCUT2D eigenvalue weighted by molar-refractivity contribution is 6.35. The van der Waals surface area contributed by atoms with E-state index < -0.39 is 6.16 Å². The van der Waals surface area contributed by atoms with Crippen molar-refractivity contribution in [3.63, 3.8) is 0 Å². The smallest absolute Gasteiger partial charge is 0.449 e. The predicted molar refractivity (Wildman–Crippen MR) is 49.9 cm³/mol. The summed E-state index contributed by atoms with van der Waals surface area (Å²) in [6.07, 6.45) is -1.40. The largest absolute Gasteiger partial charge is 0.511 e. The van der Waals surface area contributed by atoms with E-state index in [0.717, 1.165) is 0 Å². The van der Waals surface area contributed by atoms with Crippen LogP contribution in [0.5, 0.6) is 5.75 Å². The lowest BCUT2D eigenvalue weighted by Gasteiger charge is -2.06. The summed E-state index contributed by atoms with van der Waals surface area (Å²) in [6, 6.07) is 3.00. The molecule has 0 aliphatic rings. The Morgan fingerprint density at radius 2 is 2.08 bits per heavy atom. The molecule has 0 saturated carbocycles. The van der Waals surface area contributed by atoms with E-state index >= 15 is 0 Å². The Bertz CT molecular complexity index is 326. The molecule has 5 heteroatoms. The summed E-state index contributed by atoms with van der Waals surface area (Å²) in [5.41, 5.74) is 0.583. The lowest BCUT2D eigenvalue weighted by atomic mass is 10.2. The molecule has 0 fully saturated rings. The van der Waals surface area contributed by atoms with Crippen LogP contribution in [0.1, 0.15) is 5.56 Å². The fourth-order valence-electron chi connectivity index (χ4n) is 0.906. The van der Waals surface area contributed by atoms with Crippen molar-refractivity contribution in [3.8, 4) is 5.75 Å². The van der Waals surface area contributed by atoms with Crippen LogP contribution < -0.4 is 4.74 Å². The Labute approximate surface area is 84.8 Å². The molecule has 0 aliphatic heterocycles. The SMILES string of the molecule is Cc1cc(Cl)cc(Cl)c1OC(=O)O. The van der Waals surface area contributed by atoms with Crippen molar-refractivity contribution in [2.75, 3.05) is 0 Å². The Kier molecular flexibility index (Phi) is 3.01. The summed E-state index contributed by atoms with van der Waals surface area (Å²) >= 11 is 11.4. The van der Waals surface area contributed by atoms with Gasteiger partial charge in [-0.1, -0.05) is 23.2 Å². The summed E-state index contributed by atoms with van der Waals surface area (Å²) in [4.78, 5) is 10.2. The van der Waals surface area contributed by atoms with Gasteiger partial charge in [0.1, 0.15) is 0 Å². The molecule has 0 saturated heterocycles. The molecule has 0 spiro atoms. The first-order valence-corrected chi connectivity index (χ1v) is 4.12. The van der Waals surface area contributed by atoms with Crippen LogP contribution in [0.2, 0.25) is 10.0 Å². The lowest BCUT2D eigenvalue weighted by molar-refractivity contribution is 0.144. The standard InChI is InChI=1S/C8H6Cl2O3/c1-4-2-5(9)3-6(10)7(4)13-8(11)12/h2-3H,1H3,(H,11,12). The van der Waals surface area contributed by atoms with Crippen molar-refractivity contribution in [1.29, 1.82) is 0 Å². The molecule has 0 radical (unpaired) electrons. The topological polar surface area (TPSA) is 46.5 Å². The van der Waals surface area contributed by atoms with E-state index in [2.05, 4.69) is 4.74 Å². The molecule has 1 aromatic carbocycles. The van der Waals surface area contributed by atoms with Crippen LogP contribution in [0, 0.1) is 6.92 Å². The molecule has 0 unspecified atom stereocenters. The molecular weight excluding hydrogens is 215 g/mol. The van der Waals surface area contributed by atoms with Crippen LogP contribution in [-0.2, 0) is 0 Å². The van der Waals surface area contributed by atoms with Gasteiger partial charge in [-0.05, 0) is 24.6 Å². The van der Waals surface area contributed by atoms with Gasteiger partial charge < -0.3 is 9.84 Å². The molecule has 0 aromatic heterocycles. The monoisotopic (exact) mass is 220 g/mol. The molecule has 0 amide bonds. The molecule has 1 aromatic rings. The van der Waals surface area contributed by atoms with Gasteiger partial charge in [0.05, 0.1) is 5.02 Å². The highest BCUT2D eigenvalue weighted by Crippen LogP contribution is 2.31. The van der Waals surface area contributed by atoms with Crippen molar-refractivity contribution < 1.29 is 14.6 Å². The van der Waals surface area contributed by atoms with Crippen molar-refractivity contribution >= 4 is 29.4 Å².